The van der Waals surface area contributed by atoms with Crippen LogP contribution in [-0.4, -0.2) is 41.1 Å². The molecule has 1 aliphatic heterocycles. The summed E-state index contributed by atoms with van der Waals surface area (Å²) in [6.45, 7) is 4.60. The van der Waals surface area contributed by atoms with Crippen LogP contribution in [0.2, 0.25) is 0 Å². The van der Waals surface area contributed by atoms with E-state index in [1.165, 1.54) is 0 Å². The standard InChI is InChI=1S/C16H21NO4/c1-11-5-4-8-17(12(11)2)16(20)13-6-3-7-14(9-13)21-10-15(18)19/h3,6-7,9,11-12H,4-5,8,10H2,1-2H3,(H,18,19). The summed E-state index contributed by atoms with van der Waals surface area (Å²) >= 11 is 0. The zero-order chi connectivity index (χ0) is 15.4. The van der Waals surface area contributed by atoms with Crippen molar-refractivity contribution in [1.82, 2.24) is 4.90 Å². The maximum absolute atomic E-state index is 12.6. The van der Waals surface area contributed by atoms with Crippen LogP contribution in [0.4, 0.5) is 0 Å². The van der Waals surface area contributed by atoms with Gasteiger partial charge in [0.05, 0.1) is 0 Å². The molecule has 5 nitrogen and oxygen atoms in total. The Balaban J connectivity index is 2.11. The fraction of sp³-hybridized carbons (Fsp3) is 0.500. The molecule has 0 aliphatic carbocycles. The van der Waals surface area contributed by atoms with E-state index in [1.807, 2.05) is 4.90 Å². The Morgan fingerprint density at radius 1 is 1.38 bits per heavy atom. The monoisotopic (exact) mass is 291 g/mol. The highest BCUT2D eigenvalue weighted by Crippen LogP contribution is 2.25. The molecule has 0 saturated carbocycles. The van der Waals surface area contributed by atoms with Gasteiger partial charge >= 0.3 is 5.97 Å². The van der Waals surface area contributed by atoms with Crippen molar-refractivity contribution < 1.29 is 19.4 Å². The quantitative estimate of drug-likeness (QED) is 0.925. The van der Waals surface area contributed by atoms with E-state index in [4.69, 9.17) is 9.84 Å². The lowest BCUT2D eigenvalue weighted by atomic mass is 9.91. The maximum atomic E-state index is 12.6. The van der Waals surface area contributed by atoms with Crippen molar-refractivity contribution in [2.24, 2.45) is 5.92 Å². The molecule has 1 heterocycles. The summed E-state index contributed by atoms with van der Waals surface area (Å²) in [5.74, 6) is -0.157. The van der Waals surface area contributed by atoms with Crippen molar-refractivity contribution in [3.05, 3.63) is 29.8 Å². The van der Waals surface area contributed by atoms with E-state index in [1.54, 1.807) is 24.3 Å². The number of carboxylic acids is 1. The average Bonchev–Trinajstić information content (AvgIpc) is 2.47. The van der Waals surface area contributed by atoms with Crippen LogP contribution < -0.4 is 4.74 Å². The maximum Gasteiger partial charge on any atom is 0.341 e. The number of likely N-dealkylation sites (tertiary alicyclic amines) is 1. The van der Waals surface area contributed by atoms with Gasteiger partial charge in [-0.05, 0) is 43.9 Å². The predicted octanol–water partition coefficient (Wildman–Crippen LogP) is 2.41. The van der Waals surface area contributed by atoms with Crippen molar-refractivity contribution in [3.8, 4) is 5.75 Å². The molecule has 0 aromatic heterocycles. The van der Waals surface area contributed by atoms with E-state index < -0.39 is 12.6 Å². The van der Waals surface area contributed by atoms with Crippen LogP contribution in [0.3, 0.4) is 0 Å². The molecule has 0 bridgehead atoms. The minimum atomic E-state index is -1.04. The molecule has 5 heteroatoms. The minimum Gasteiger partial charge on any atom is -0.482 e. The van der Waals surface area contributed by atoms with Gasteiger partial charge in [-0.15, -0.1) is 0 Å². The van der Waals surface area contributed by atoms with Gasteiger partial charge in [0, 0.05) is 18.2 Å². The van der Waals surface area contributed by atoms with Crippen LogP contribution in [0.25, 0.3) is 0 Å². The number of rotatable bonds is 4. The van der Waals surface area contributed by atoms with Crippen LogP contribution in [0.15, 0.2) is 24.3 Å². The Morgan fingerprint density at radius 3 is 2.86 bits per heavy atom. The SMILES string of the molecule is CC1CCCN(C(=O)c2cccc(OCC(=O)O)c2)C1C. The van der Waals surface area contributed by atoms with E-state index >= 15 is 0 Å². The lowest BCUT2D eigenvalue weighted by Crippen LogP contribution is -2.46. The Hall–Kier alpha value is -2.04. The number of carboxylic acid groups (broad SMARTS) is 1. The lowest BCUT2D eigenvalue weighted by Gasteiger charge is -2.38. The topological polar surface area (TPSA) is 66.8 Å². The number of benzene rings is 1. The molecule has 21 heavy (non-hydrogen) atoms. The fourth-order valence-corrected chi connectivity index (χ4v) is 2.65. The van der Waals surface area contributed by atoms with E-state index in [0.717, 1.165) is 19.4 Å². The first-order valence-electron chi connectivity index (χ1n) is 7.24. The summed E-state index contributed by atoms with van der Waals surface area (Å²) in [7, 11) is 0. The van der Waals surface area contributed by atoms with Gasteiger partial charge in [-0.25, -0.2) is 4.79 Å². The molecule has 0 spiro atoms. The van der Waals surface area contributed by atoms with Gasteiger partial charge in [0.2, 0.25) is 0 Å². The van der Waals surface area contributed by atoms with Gasteiger partial charge in [0.15, 0.2) is 6.61 Å². The van der Waals surface area contributed by atoms with Crippen molar-refractivity contribution >= 4 is 11.9 Å². The second kappa shape index (κ2) is 6.61. The second-order valence-corrected chi connectivity index (χ2v) is 5.57. The Bertz CT molecular complexity index is 529. The van der Waals surface area contributed by atoms with Crippen LogP contribution in [-0.2, 0) is 4.79 Å². The van der Waals surface area contributed by atoms with Gasteiger partial charge in [0.1, 0.15) is 5.75 Å². The summed E-state index contributed by atoms with van der Waals surface area (Å²) in [6, 6.07) is 6.93. The zero-order valence-electron chi connectivity index (χ0n) is 12.4. The first kappa shape index (κ1) is 15.4. The molecule has 1 saturated heterocycles. The van der Waals surface area contributed by atoms with Crippen LogP contribution in [0.1, 0.15) is 37.0 Å². The number of amides is 1. The molecular formula is C16H21NO4. The Morgan fingerprint density at radius 2 is 2.14 bits per heavy atom. The number of aliphatic carboxylic acids is 1. The van der Waals surface area contributed by atoms with Gasteiger partial charge in [0.25, 0.3) is 5.91 Å². The second-order valence-electron chi connectivity index (χ2n) is 5.57. The van der Waals surface area contributed by atoms with E-state index in [0.29, 0.717) is 17.2 Å². The van der Waals surface area contributed by atoms with Crippen molar-refractivity contribution in [2.75, 3.05) is 13.2 Å². The molecule has 0 radical (unpaired) electrons. The van der Waals surface area contributed by atoms with E-state index in [2.05, 4.69) is 13.8 Å². The number of hydrogen-bond donors (Lipinski definition) is 1. The molecule has 114 valence electrons. The highest BCUT2D eigenvalue weighted by Gasteiger charge is 2.29. The Labute approximate surface area is 124 Å². The van der Waals surface area contributed by atoms with Gasteiger partial charge in [-0.1, -0.05) is 13.0 Å². The highest BCUT2D eigenvalue weighted by molar-refractivity contribution is 5.94. The van der Waals surface area contributed by atoms with Gasteiger partial charge < -0.3 is 14.7 Å². The molecule has 1 aliphatic rings. The normalized spacial score (nSPS) is 21.9. The summed E-state index contributed by atoms with van der Waals surface area (Å²) in [6.07, 6.45) is 2.17. The summed E-state index contributed by atoms with van der Waals surface area (Å²) < 4.78 is 5.12. The summed E-state index contributed by atoms with van der Waals surface area (Å²) in [5.41, 5.74) is 0.541. The molecule has 2 rings (SSSR count). The highest BCUT2D eigenvalue weighted by atomic mass is 16.5. The zero-order valence-corrected chi connectivity index (χ0v) is 12.4. The van der Waals surface area contributed by atoms with E-state index in [9.17, 15) is 9.59 Å². The number of ether oxygens (including phenoxy) is 1. The number of carbonyl (C=O) groups excluding carboxylic acids is 1. The molecular weight excluding hydrogens is 270 g/mol. The summed E-state index contributed by atoms with van der Waals surface area (Å²) in [4.78, 5) is 25.0. The lowest BCUT2D eigenvalue weighted by molar-refractivity contribution is -0.139. The molecule has 1 aromatic rings. The van der Waals surface area contributed by atoms with E-state index in [-0.39, 0.29) is 11.9 Å². The smallest absolute Gasteiger partial charge is 0.341 e. The molecule has 2 atom stereocenters. The van der Waals surface area contributed by atoms with Crippen LogP contribution >= 0.6 is 0 Å². The number of nitrogens with zero attached hydrogens (tertiary/aromatic N) is 1. The molecule has 2 unspecified atom stereocenters. The van der Waals surface area contributed by atoms with Crippen molar-refractivity contribution in [2.45, 2.75) is 32.7 Å². The summed E-state index contributed by atoms with van der Waals surface area (Å²) in [5, 5.41) is 8.62. The predicted molar refractivity (Wildman–Crippen MR) is 78.5 cm³/mol. The third kappa shape index (κ3) is 3.74. The van der Waals surface area contributed by atoms with Crippen LogP contribution in [0.5, 0.6) is 5.75 Å². The first-order chi connectivity index (χ1) is 9.99. The number of carbonyl (C=O) groups is 2. The van der Waals surface area contributed by atoms with Crippen molar-refractivity contribution in [1.29, 1.82) is 0 Å². The molecule has 1 fully saturated rings. The molecule has 1 N–H and O–H groups in total. The van der Waals surface area contributed by atoms with Crippen LogP contribution in [0, 0.1) is 5.92 Å². The van der Waals surface area contributed by atoms with Gasteiger partial charge in [-0.2, -0.15) is 0 Å². The fourth-order valence-electron chi connectivity index (χ4n) is 2.65. The number of hydrogen-bond acceptors (Lipinski definition) is 3. The minimum absolute atomic E-state index is 0.0187. The number of piperidine rings is 1. The molecule has 1 aromatic carbocycles. The average molecular weight is 291 g/mol. The third-order valence-corrected chi connectivity index (χ3v) is 4.08. The van der Waals surface area contributed by atoms with Crippen molar-refractivity contribution in [3.63, 3.8) is 0 Å². The Kier molecular flexibility index (Phi) is 4.83. The van der Waals surface area contributed by atoms with Gasteiger partial charge in [-0.3, -0.25) is 4.79 Å². The first-order valence-corrected chi connectivity index (χ1v) is 7.24. The largest absolute Gasteiger partial charge is 0.482 e. The molecule has 1 amide bonds. The third-order valence-electron chi connectivity index (χ3n) is 4.08.